The number of nitrogens with one attached hydrogen (secondary N) is 3. The van der Waals surface area contributed by atoms with Gasteiger partial charge in [-0.15, -0.1) is 0 Å². The van der Waals surface area contributed by atoms with Crippen molar-refractivity contribution in [2.75, 3.05) is 36.9 Å². The SMILES string of the molecule is Cc1ccc(C)c(NC(=S)Nc2ccc(C[NH+]3CCOCC3)cc2)c1. The van der Waals surface area contributed by atoms with Crippen LogP contribution in [0, 0.1) is 13.8 Å². The Balaban J connectivity index is 1.55. The standard InChI is InChI=1S/C20H25N3OS/c1-15-3-4-16(2)19(13-15)22-20(25)21-18-7-5-17(6-8-18)14-23-9-11-24-12-10-23/h3-8,13H,9-12,14H2,1-2H3,(H2,21,22,25)/p+1. The number of rotatable bonds is 4. The molecule has 3 N–H and O–H groups in total. The van der Waals surface area contributed by atoms with Gasteiger partial charge in [-0.25, -0.2) is 0 Å². The first kappa shape index (κ1) is 17.9. The highest BCUT2D eigenvalue weighted by molar-refractivity contribution is 7.80. The summed E-state index contributed by atoms with van der Waals surface area (Å²) in [6, 6.07) is 14.8. The lowest BCUT2D eigenvalue weighted by molar-refractivity contribution is -0.921. The quantitative estimate of drug-likeness (QED) is 0.736. The molecule has 0 bridgehead atoms. The van der Waals surface area contributed by atoms with Gasteiger partial charge in [0.05, 0.1) is 13.2 Å². The largest absolute Gasteiger partial charge is 0.370 e. The van der Waals surface area contributed by atoms with Gasteiger partial charge in [0.25, 0.3) is 0 Å². The zero-order chi connectivity index (χ0) is 17.6. The molecule has 0 aromatic heterocycles. The minimum absolute atomic E-state index is 0.611. The van der Waals surface area contributed by atoms with Gasteiger partial charge >= 0.3 is 0 Å². The Morgan fingerprint density at radius 3 is 2.48 bits per heavy atom. The first-order chi connectivity index (χ1) is 12.1. The molecule has 2 aromatic carbocycles. The van der Waals surface area contributed by atoms with Gasteiger partial charge in [-0.05, 0) is 55.4 Å². The van der Waals surface area contributed by atoms with Crippen LogP contribution in [0.15, 0.2) is 42.5 Å². The molecule has 0 spiro atoms. The molecule has 4 nitrogen and oxygen atoms in total. The fraction of sp³-hybridized carbons (Fsp3) is 0.350. The monoisotopic (exact) mass is 356 g/mol. The van der Waals surface area contributed by atoms with Crippen LogP contribution < -0.4 is 15.5 Å². The Morgan fingerprint density at radius 2 is 1.76 bits per heavy atom. The van der Waals surface area contributed by atoms with Crippen molar-refractivity contribution in [3.63, 3.8) is 0 Å². The first-order valence-electron chi connectivity index (χ1n) is 8.76. The van der Waals surface area contributed by atoms with Crippen molar-refractivity contribution in [1.82, 2.24) is 0 Å². The van der Waals surface area contributed by atoms with E-state index in [9.17, 15) is 0 Å². The second-order valence-electron chi connectivity index (χ2n) is 6.63. The highest BCUT2D eigenvalue weighted by Crippen LogP contribution is 2.17. The lowest BCUT2D eigenvalue weighted by Crippen LogP contribution is -3.12. The zero-order valence-electron chi connectivity index (χ0n) is 14.9. The second kappa shape index (κ2) is 8.43. The van der Waals surface area contributed by atoms with Crippen LogP contribution in [-0.4, -0.2) is 31.4 Å². The van der Waals surface area contributed by atoms with Crippen molar-refractivity contribution in [3.8, 4) is 0 Å². The van der Waals surface area contributed by atoms with E-state index in [1.54, 1.807) is 4.90 Å². The van der Waals surface area contributed by atoms with Gasteiger partial charge in [0, 0.05) is 16.9 Å². The molecule has 0 aliphatic carbocycles. The Bertz CT molecular complexity index is 724. The number of hydrogen-bond acceptors (Lipinski definition) is 2. The molecule has 1 aliphatic rings. The van der Waals surface area contributed by atoms with E-state index >= 15 is 0 Å². The summed E-state index contributed by atoms with van der Waals surface area (Å²) in [6.45, 7) is 9.12. The fourth-order valence-corrected chi connectivity index (χ4v) is 3.21. The minimum Gasteiger partial charge on any atom is -0.370 e. The first-order valence-corrected chi connectivity index (χ1v) is 9.16. The lowest BCUT2D eigenvalue weighted by Gasteiger charge is -2.23. The van der Waals surface area contributed by atoms with Crippen LogP contribution in [0.2, 0.25) is 0 Å². The summed E-state index contributed by atoms with van der Waals surface area (Å²) >= 11 is 5.44. The molecule has 0 atom stereocenters. The molecular formula is C20H26N3OS+. The van der Waals surface area contributed by atoms with Crippen LogP contribution in [-0.2, 0) is 11.3 Å². The molecule has 1 fully saturated rings. The molecule has 1 heterocycles. The summed E-state index contributed by atoms with van der Waals surface area (Å²) < 4.78 is 5.41. The number of hydrogen-bond donors (Lipinski definition) is 3. The molecule has 0 amide bonds. The number of ether oxygens (including phenoxy) is 1. The van der Waals surface area contributed by atoms with Gasteiger partial charge < -0.3 is 20.3 Å². The van der Waals surface area contributed by atoms with E-state index in [1.807, 2.05) is 0 Å². The zero-order valence-corrected chi connectivity index (χ0v) is 15.7. The predicted octanol–water partition coefficient (Wildman–Crippen LogP) is 2.53. The Labute approximate surface area is 155 Å². The molecule has 2 aromatic rings. The van der Waals surface area contributed by atoms with E-state index in [2.05, 4.69) is 66.9 Å². The Morgan fingerprint density at radius 1 is 1.04 bits per heavy atom. The molecule has 132 valence electrons. The second-order valence-corrected chi connectivity index (χ2v) is 7.04. The molecule has 25 heavy (non-hydrogen) atoms. The van der Waals surface area contributed by atoms with E-state index in [4.69, 9.17) is 17.0 Å². The Hall–Kier alpha value is -1.95. The summed E-state index contributed by atoms with van der Waals surface area (Å²) in [4.78, 5) is 1.58. The lowest BCUT2D eigenvalue weighted by atomic mass is 10.1. The summed E-state index contributed by atoms with van der Waals surface area (Å²) in [5, 5.41) is 7.15. The van der Waals surface area contributed by atoms with Gasteiger partial charge in [0.2, 0.25) is 0 Å². The summed E-state index contributed by atoms with van der Waals surface area (Å²) in [6.07, 6.45) is 0. The molecule has 0 radical (unpaired) electrons. The third-order valence-corrected chi connectivity index (χ3v) is 4.71. The van der Waals surface area contributed by atoms with Crippen molar-refractivity contribution in [1.29, 1.82) is 0 Å². The van der Waals surface area contributed by atoms with Crippen molar-refractivity contribution in [3.05, 3.63) is 59.2 Å². The predicted molar refractivity (Wildman–Crippen MR) is 107 cm³/mol. The minimum atomic E-state index is 0.611. The maximum Gasteiger partial charge on any atom is 0.175 e. The van der Waals surface area contributed by atoms with E-state index in [1.165, 1.54) is 16.7 Å². The van der Waals surface area contributed by atoms with Crippen LogP contribution >= 0.6 is 12.2 Å². The average molecular weight is 357 g/mol. The third kappa shape index (κ3) is 5.26. The van der Waals surface area contributed by atoms with Crippen LogP contribution in [0.25, 0.3) is 0 Å². The summed E-state index contributed by atoms with van der Waals surface area (Å²) in [7, 11) is 0. The molecule has 1 aliphatic heterocycles. The van der Waals surface area contributed by atoms with Gasteiger partial charge in [0.15, 0.2) is 5.11 Å². The molecular weight excluding hydrogens is 330 g/mol. The van der Waals surface area contributed by atoms with E-state index in [-0.39, 0.29) is 0 Å². The van der Waals surface area contributed by atoms with Gasteiger partial charge in [-0.2, -0.15) is 0 Å². The van der Waals surface area contributed by atoms with E-state index in [0.29, 0.717) is 5.11 Å². The van der Waals surface area contributed by atoms with Crippen LogP contribution in [0.5, 0.6) is 0 Å². The topological polar surface area (TPSA) is 37.7 Å². The van der Waals surface area contributed by atoms with Crippen LogP contribution in [0.3, 0.4) is 0 Å². The van der Waals surface area contributed by atoms with Crippen LogP contribution in [0.4, 0.5) is 11.4 Å². The normalized spacial score (nSPS) is 15.0. The molecule has 0 saturated carbocycles. The van der Waals surface area contributed by atoms with Gasteiger partial charge in [0.1, 0.15) is 19.6 Å². The van der Waals surface area contributed by atoms with Crippen molar-refractivity contribution < 1.29 is 9.64 Å². The van der Waals surface area contributed by atoms with Crippen molar-refractivity contribution in [2.45, 2.75) is 20.4 Å². The molecule has 0 unspecified atom stereocenters. The molecule has 5 heteroatoms. The van der Waals surface area contributed by atoms with Gasteiger partial charge in [-0.1, -0.05) is 24.3 Å². The maximum absolute atomic E-state index is 5.44. The van der Waals surface area contributed by atoms with Gasteiger partial charge in [-0.3, -0.25) is 0 Å². The Kier molecular flexibility index (Phi) is 6.02. The van der Waals surface area contributed by atoms with Crippen LogP contribution in [0.1, 0.15) is 16.7 Å². The number of anilines is 2. The number of morpholine rings is 1. The van der Waals surface area contributed by atoms with E-state index in [0.717, 1.165) is 44.2 Å². The average Bonchev–Trinajstić information content (AvgIpc) is 2.61. The summed E-state index contributed by atoms with van der Waals surface area (Å²) in [5.74, 6) is 0. The third-order valence-electron chi connectivity index (χ3n) is 4.51. The number of benzene rings is 2. The maximum atomic E-state index is 5.44. The highest BCUT2D eigenvalue weighted by atomic mass is 32.1. The highest BCUT2D eigenvalue weighted by Gasteiger charge is 2.14. The number of aryl methyl sites for hydroxylation is 2. The van der Waals surface area contributed by atoms with Crippen molar-refractivity contribution in [2.24, 2.45) is 0 Å². The fourth-order valence-electron chi connectivity index (χ4n) is 2.99. The number of thiocarbonyl (C=S) groups is 1. The molecule has 1 saturated heterocycles. The molecule has 3 rings (SSSR count). The summed E-state index contributed by atoms with van der Waals surface area (Å²) in [5.41, 5.74) is 5.79. The van der Waals surface area contributed by atoms with E-state index < -0.39 is 0 Å². The van der Waals surface area contributed by atoms with Crippen molar-refractivity contribution >= 4 is 28.7 Å². The number of quaternary nitrogens is 1. The smallest absolute Gasteiger partial charge is 0.175 e.